The average Bonchev–Trinajstić information content (AvgIpc) is 2.65. The second kappa shape index (κ2) is 10.4. The van der Waals surface area contributed by atoms with Gasteiger partial charge in [0.1, 0.15) is 0 Å². The van der Waals surface area contributed by atoms with Gasteiger partial charge in [0.25, 0.3) is 0 Å². The van der Waals surface area contributed by atoms with Gasteiger partial charge in [-0.25, -0.2) is 0 Å². The average molecular weight is 386 g/mol. The van der Waals surface area contributed by atoms with Gasteiger partial charge in [-0.15, -0.1) is 0 Å². The molecule has 3 rings (SSSR count). The van der Waals surface area contributed by atoms with Crippen molar-refractivity contribution in [2.24, 2.45) is 17.8 Å². The molecule has 2 heterocycles. The van der Waals surface area contributed by atoms with Crippen molar-refractivity contribution < 1.29 is 4.79 Å². The Hall–Kier alpha value is -1.39. The van der Waals surface area contributed by atoms with Crippen LogP contribution in [0.4, 0.5) is 0 Å². The Morgan fingerprint density at radius 2 is 1.82 bits per heavy atom. The summed E-state index contributed by atoms with van der Waals surface area (Å²) in [7, 11) is 0. The molecule has 0 radical (unpaired) electrons. The van der Waals surface area contributed by atoms with E-state index < -0.39 is 0 Å². The van der Waals surface area contributed by atoms with E-state index in [-0.39, 0.29) is 11.8 Å². The number of hydrogen-bond donors (Lipinski definition) is 1. The molecule has 0 spiro atoms. The maximum absolute atomic E-state index is 12.5. The molecule has 1 aromatic carbocycles. The summed E-state index contributed by atoms with van der Waals surface area (Å²) in [5.74, 6) is 2.09. The number of hydrogen-bond acceptors (Lipinski definition) is 3. The van der Waals surface area contributed by atoms with Crippen LogP contribution in [0, 0.1) is 24.7 Å². The third kappa shape index (κ3) is 6.59. The largest absolute Gasteiger partial charge is 0.356 e. The molecule has 2 atom stereocenters. The van der Waals surface area contributed by atoms with Crippen LogP contribution in [0.25, 0.3) is 0 Å². The number of likely N-dealkylation sites (tertiary alicyclic amines) is 2. The van der Waals surface area contributed by atoms with Gasteiger partial charge in [0.05, 0.1) is 0 Å². The normalized spacial score (nSPS) is 25.0. The van der Waals surface area contributed by atoms with Gasteiger partial charge in [0.15, 0.2) is 0 Å². The van der Waals surface area contributed by atoms with Crippen LogP contribution >= 0.6 is 0 Å². The van der Waals surface area contributed by atoms with Crippen LogP contribution < -0.4 is 5.32 Å². The third-order valence-electron chi connectivity index (χ3n) is 6.34. The fourth-order valence-electron chi connectivity index (χ4n) is 5.06. The summed E-state index contributed by atoms with van der Waals surface area (Å²) in [5.41, 5.74) is 2.70. The lowest BCUT2D eigenvalue weighted by Gasteiger charge is -2.35. The first-order valence-corrected chi connectivity index (χ1v) is 11.3. The molecule has 0 unspecified atom stereocenters. The van der Waals surface area contributed by atoms with Gasteiger partial charge in [-0.2, -0.15) is 0 Å². The standard InChI is InChI=1S/C24H39N3O/c1-19-6-4-7-22(15-19)18-26-12-8-23(9-13-26)24(28)25-10-5-11-27-16-20(2)14-21(3)17-27/h4,6-7,15,20-21,23H,5,8-14,16-18H2,1-3H3,(H,25,28)/t20-,21-/m1/s1. The Kier molecular flexibility index (Phi) is 7.92. The molecule has 1 N–H and O–H groups in total. The van der Waals surface area contributed by atoms with E-state index in [0.717, 1.165) is 63.8 Å². The van der Waals surface area contributed by atoms with Crippen molar-refractivity contribution in [1.29, 1.82) is 0 Å². The van der Waals surface area contributed by atoms with E-state index in [1.807, 2.05) is 0 Å². The minimum Gasteiger partial charge on any atom is -0.356 e. The number of carbonyl (C=O) groups excluding carboxylic acids is 1. The van der Waals surface area contributed by atoms with E-state index in [0.29, 0.717) is 0 Å². The van der Waals surface area contributed by atoms with Gasteiger partial charge in [-0.1, -0.05) is 43.7 Å². The molecular formula is C24H39N3O. The predicted molar refractivity (Wildman–Crippen MR) is 116 cm³/mol. The minimum atomic E-state index is 0.198. The van der Waals surface area contributed by atoms with Gasteiger partial charge in [-0.05, 0) is 69.6 Å². The summed E-state index contributed by atoms with van der Waals surface area (Å²) in [5, 5.41) is 3.20. The molecule has 2 saturated heterocycles. The lowest BCUT2D eigenvalue weighted by atomic mass is 9.92. The van der Waals surface area contributed by atoms with Crippen molar-refractivity contribution in [2.45, 2.75) is 53.0 Å². The maximum atomic E-state index is 12.5. The molecule has 0 aromatic heterocycles. The molecule has 2 aliphatic heterocycles. The highest BCUT2D eigenvalue weighted by atomic mass is 16.1. The molecule has 0 bridgehead atoms. The molecule has 2 aliphatic rings. The predicted octanol–water partition coefficient (Wildman–Crippen LogP) is 3.69. The zero-order valence-electron chi connectivity index (χ0n) is 18.1. The van der Waals surface area contributed by atoms with Gasteiger partial charge in [0.2, 0.25) is 5.91 Å². The number of amides is 1. The molecule has 1 aromatic rings. The highest BCUT2D eigenvalue weighted by Gasteiger charge is 2.25. The van der Waals surface area contributed by atoms with Crippen molar-refractivity contribution in [2.75, 3.05) is 39.3 Å². The zero-order valence-corrected chi connectivity index (χ0v) is 18.1. The lowest BCUT2D eigenvalue weighted by Crippen LogP contribution is -2.42. The number of nitrogens with zero attached hydrogens (tertiary/aromatic N) is 2. The van der Waals surface area contributed by atoms with Gasteiger partial charge >= 0.3 is 0 Å². The van der Waals surface area contributed by atoms with E-state index >= 15 is 0 Å². The first-order chi connectivity index (χ1) is 13.5. The van der Waals surface area contributed by atoms with E-state index in [9.17, 15) is 4.79 Å². The van der Waals surface area contributed by atoms with Gasteiger partial charge in [-0.3, -0.25) is 9.69 Å². The fraction of sp³-hybridized carbons (Fsp3) is 0.708. The lowest BCUT2D eigenvalue weighted by molar-refractivity contribution is -0.126. The number of benzene rings is 1. The molecule has 1 amide bonds. The van der Waals surface area contributed by atoms with Crippen LogP contribution in [-0.4, -0.2) is 55.0 Å². The molecular weight excluding hydrogens is 346 g/mol. The zero-order chi connectivity index (χ0) is 19.9. The molecule has 4 heteroatoms. The summed E-state index contributed by atoms with van der Waals surface area (Å²) >= 11 is 0. The SMILES string of the molecule is Cc1cccc(CN2CCC(C(=O)NCCCN3C[C@H](C)C[C@@H](C)C3)CC2)c1. The number of aryl methyl sites for hydroxylation is 1. The van der Waals surface area contributed by atoms with Gasteiger partial charge < -0.3 is 10.2 Å². The molecule has 0 aliphatic carbocycles. The fourth-order valence-corrected chi connectivity index (χ4v) is 5.06. The summed E-state index contributed by atoms with van der Waals surface area (Å²) in [4.78, 5) is 17.6. The van der Waals surface area contributed by atoms with Crippen LogP contribution in [0.1, 0.15) is 50.7 Å². The number of rotatable bonds is 7. The van der Waals surface area contributed by atoms with Crippen molar-refractivity contribution >= 4 is 5.91 Å². The van der Waals surface area contributed by atoms with Crippen LogP contribution in [-0.2, 0) is 11.3 Å². The molecule has 2 fully saturated rings. The molecule has 156 valence electrons. The van der Waals surface area contributed by atoms with E-state index in [1.165, 1.54) is 30.6 Å². The van der Waals surface area contributed by atoms with Crippen molar-refractivity contribution in [3.63, 3.8) is 0 Å². The first-order valence-electron chi connectivity index (χ1n) is 11.3. The summed E-state index contributed by atoms with van der Waals surface area (Å²) in [6, 6.07) is 8.75. The Labute approximate surface area is 171 Å². The summed E-state index contributed by atoms with van der Waals surface area (Å²) in [6.07, 6.45) is 4.39. The first kappa shape index (κ1) is 21.3. The Morgan fingerprint density at radius 3 is 2.50 bits per heavy atom. The molecule has 0 saturated carbocycles. The second-order valence-electron chi connectivity index (χ2n) is 9.39. The van der Waals surface area contributed by atoms with Gasteiger partial charge in [0, 0.05) is 32.1 Å². The van der Waals surface area contributed by atoms with Crippen LogP contribution in [0.5, 0.6) is 0 Å². The van der Waals surface area contributed by atoms with Crippen molar-refractivity contribution in [3.8, 4) is 0 Å². The molecule has 28 heavy (non-hydrogen) atoms. The molecule has 4 nitrogen and oxygen atoms in total. The van der Waals surface area contributed by atoms with E-state index in [4.69, 9.17) is 0 Å². The minimum absolute atomic E-state index is 0.198. The van der Waals surface area contributed by atoms with Crippen LogP contribution in [0.15, 0.2) is 24.3 Å². The quantitative estimate of drug-likeness (QED) is 0.727. The Morgan fingerprint density at radius 1 is 1.11 bits per heavy atom. The number of carbonyl (C=O) groups is 1. The maximum Gasteiger partial charge on any atom is 0.223 e. The van der Waals surface area contributed by atoms with Crippen LogP contribution in [0.2, 0.25) is 0 Å². The topological polar surface area (TPSA) is 35.6 Å². The smallest absolute Gasteiger partial charge is 0.223 e. The summed E-state index contributed by atoms with van der Waals surface area (Å²) < 4.78 is 0. The summed E-state index contributed by atoms with van der Waals surface area (Å²) in [6.45, 7) is 14.3. The van der Waals surface area contributed by atoms with E-state index in [2.05, 4.69) is 60.2 Å². The van der Waals surface area contributed by atoms with Crippen LogP contribution in [0.3, 0.4) is 0 Å². The Bertz CT molecular complexity index is 614. The highest BCUT2D eigenvalue weighted by Crippen LogP contribution is 2.21. The Balaban J connectivity index is 1.30. The van der Waals surface area contributed by atoms with E-state index in [1.54, 1.807) is 0 Å². The van der Waals surface area contributed by atoms with Crippen molar-refractivity contribution in [1.82, 2.24) is 15.1 Å². The highest BCUT2D eigenvalue weighted by molar-refractivity contribution is 5.78. The third-order valence-corrected chi connectivity index (χ3v) is 6.34. The number of piperidine rings is 2. The second-order valence-corrected chi connectivity index (χ2v) is 9.39. The monoisotopic (exact) mass is 385 g/mol. The van der Waals surface area contributed by atoms with Crippen molar-refractivity contribution in [3.05, 3.63) is 35.4 Å². The number of nitrogens with one attached hydrogen (secondary N) is 1.